The van der Waals surface area contributed by atoms with Crippen LogP contribution in [0.1, 0.15) is 5.69 Å². The van der Waals surface area contributed by atoms with Crippen molar-refractivity contribution in [3.8, 4) is 0 Å². The maximum Gasteiger partial charge on any atom is 0.272 e. The molecule has 1 aromatic heterocycles. The third-order valence-corrected chi connectivity index (χ3v) is 1.06. The highest BCUT2D eigenvalue weighted by molar-refractivity contribution is 4.92. The lowest BCUT2D eigenvalue weighted by atomic mass is 10.5. The summed E-state index contributed by atoms with van der Waals surface area (Å²) in [5.74, 6) is 0. The van der Waals surface area contributed by atoms with E-state index in [4.69, 9.17) is 4.74 Å². The van der Waals surface area contributed by atoms with E-state index in [0.29, 0.717) is 5.69 Å². The van der Waals surface area contributed by atoms with Crippen molar-refractivity contribution in [2.75, 3.05) is 7.11 Å². The Bertz CT molecular complexity index is 256. The van der Waals surface area contributed by atoms with Gasteiger partial charge in [0.05, 0.1) is 6.61 Å². The fourth-order valence-corrected chi connectivity index (χ4v) is 0.622. The van der Waals surface area contributed by atoms with E-state index in [1.165, 1.54) is 19.5 Å². The van der Waals surface area contributed by atoms with Crippen LogP contribution in [0.3, 0.4) is 0 Å². The summed E-state index contributed by atoms with van der Waals surface area (Å²) in [6.45, 7) is 0.260. The van der Waals surface area contributed by atoms with Crippen molar-refractivity contribution in [1.82, 2.24) is 9.97 Å². The van der Waals surface area contributed by atoms with Gasteiger partial charge in [-0.3, -0.25) is 9.78 Å². The molecular weight excluding hydrogens is 132 g/mol. The molecule has 0 aliphatic carbocycles. The van der Waals surface area contributed by atoms with Crippen molar-refractivity contribution >= 4 is 0 Å². The average molecular weight is 140 g/mol. The number of H-pyrrole nitrogens is 1. The Morgan fingerprint density at radius 3 is 3.20 bits per heavy atom. The summed E-state index contributed by atoms with van der Waals surface area (Å²) in [4.78, 5) is 17.1. The smallest absolute Gasteiger partial charge is 0.272 e. The molecule has 0 atom stereocenters. The van der Waals surface area contributed by atoms with Crippen molar-refractivity contribution < 1.29 is 4.74 Å². The van der Waals surface area contributed by atoms with Gasteiger partial charge in [-0.25, -0.2) is 0 Å². The molecule has 4 heteroatoms. The second kappa shape index (κ2) is 3.12. The summed E-state index contributed by atoms with van der Waals surface area (Å²) >= 11 is 0. The first kappa shape index (κ1) is 6.95. The SMILES string of the molecule is COCc1ncc[nH]c1=O. The number of rotatable bonds is 2. The zero-order chi connectivity index (χ0) is 7.40. The highest BCUT2D eigenvalue weighted by Gasteiger charge is 1.95. The summed E-state index contributed by atoms with van der Waals surface area (Å²) in [6, 6.07) is 0. The highest BCUT2D eigenvalue weighted by atomic mass is 16.5. The van der Waals surface area contributed by atoms with Gasteiger partial charge in [0, 0.05) is 19.5 Å². The lowest BCUT2D eigenvalue weighted by molar-refractivity contribution is 0.180. The molecule has 0 aliphatic heterocycles. The van der Waals surface area contributed by atoms with Gasteiger partial charge in [0.2, 0.25) is 0 Å². The number of nitrogens with one attached hydrogen (secondary N) is 1. The molecule has 0 bridgehead atoms. The molecule has 0 saturated heterocycles. The zero-order valence-corrected chi connectivity index (χ0v) is 5.63. The second-order valence-corrected chi connectivity index (χ2v) is 1.80. The lowest BCUT2D eigenvalue weighted by Crippen LogP contribution is -2.13. The quantitative estimate of drug-likeness (QED) is 0.625. The van der Waals surface area contributed by atoms with Gasteiger partial charge in [0.1, 0.15) is 5.69 Å². The van der Waals surface area contributed by atoms with E-state index < -0.39 is 0 Å². The first-order valence-electron chi connectivity index (χ1n) is 2.86. The van der Waals surface area contributed by atoms with Gasteiger partial charge in [0.25, 0.3) is 5.56 Å². The van der Waals surface area contributed by atoms with Gasteiger partial charge in [-0.2, -0.15) is 0 Å². The predicted octanol–water partition coefficient (Wildman–Crippen LogP) is -0.0837. The van der Waals surface area contributed by atoms with E-state index >= 15 is 0 Å². The monoisotopic (exact) mass is 140 g/mol. The number of hydrogen-bond acceptors (Lipinski definition) is 3. The number of ether oxygens (including phenoxy) is 1. The standard InChI is InChI=1S/C6H8N2O2/c1-10-4-5-6(9)8-3-2-7-5/h2-3H,4H2,1H3,(H,8,9). The summed E-state index contributed by atoms with van der Waals surface area (Å²) in [6.07, 6.45) is 3.01. The van der Waals surface area contributed by atoms with Gasteiger partial charge in [0.15, 0.2) is 0 Å². The van der Waals surface area contributed by atoms with Crippen LogP contribution >= 0.6 is 0 Å². The van der Waals surface area contributed by atoms with Crippen LogP contribution in [0.5, 0.6) is 0 Å². The fourth-order valence-electron chi connectivity index (χ4n) is 0.622. The van der Waals surface area contributed by atoms with Gasteiger partial charge < -0.3 is 9.72 Å². The fraction of sp³-hybridized carbons (Fsp3) is 0.333. The minimum Gasteiger partial charge on any atom is -0.378 e. The Labute approximate surface area is 57.9 Å². The first-order valence-corrected chi connectivity index (χ1v) is 2.86. The van der Waals surface area contributed by atoms with Crippen LogP contribution in [0.15, 0.2) is 17.2 Å². The summed E-state index contributed by atoms with van der Waals surface area (Å²) in [7, 11) is 1.52. The van der Waals surface area contributed by atoms with Crippen LogP contribution in [-0.4, -0.2) is 17.1 Å². The summed E-state index contributed by atoms with van der Waals surface area (Å²) < 4.78 is 4.73. The molecule has 1 rings (SSSR count). The first-order chi connectivity index (χ1) is 4.84. The van der Waals surface area contributed by atoms with E-state index in [-0.39, 0.29) is 12.2 Å². The molecule has 0 fully saturated rings. The largest absolute Gasteiger partial charge is 0.378 e. The molecule has 1 aromatic rings. The third kappa shape index (κ3) is 1.41. The molecule has 54 valence electrons. The van der Waals surface area contributed by atoms with E-state index in [2.05, 4.69) is 9.97 Å². The molecule has 0 amide bonds. The zero-order valence-electron chi connectivity index (χ0n) is 5.63. The minimum atomic E-state index is -0.190. The van der Waals surface area contributed by atoms with Crippen molar-refractivity contribution in [3.63, 3.8) is 0 Å². The maximum atomic E-state index is 10.8. The number of methoxy groups -OCH3 is 1. The molecule has 0 saturated carbocycles. The number of aromatic nitrogens is 2. The molecule has 4 nitrogen and oxygen atoms in total. The van der Waals surface area contributed by atoms with Crippen LogP contribution < -0.4 is 5.56 Å². The molecule has 1 heterocycles. The van der Waals surface area contributed by atoms with Crippen molar-refractivity contribution in [3.05, 3.63) is 28.4 Å². The second-order valence-electron chi connectivity index (χ2n) is 1.80. The van der Waals surface area contributed by atoms with Crippen LogP contribution in [0.2, 0.25) is 0 Å². The maximum absolute atomic E-state index is 10.8. The van der Waals surface area contributed by atoms with Gasteiger partial charge >= 0.3 is 0 Å². The van der Waals surface area contributed by atoms with E-state index in [1.807, 2.05) is 0 Å². The van der Waals surface area contributed by atoms with E-state index in [1.54, 1.807) is 0 Å². The Balaban J connectivity index is 2.92. The highest BCUT2D eigenvalue weighted by Crippen LogP contribution is 1.83. The minimum absolute atomic E-state index is 0.190. The van der Waals surface area contributed by atoms with Crippen LogP contribution in [0.4, 0.5) is 0 Å². The summed E-state index contributed by atoms with van der Waals surface area (Å²) in [5, 5.41) is 0. The molecule has 1 N–H and O–H groups in total. The van der Waals surface area contributed by atoms with Crippen LogP contribution in [0.25, 0.3) is 0 Å². The van der Waals surface area contributed by atoms with Crippen molar-refractivity contribution in [1.29, 1.82) is 0 Å². The number of hydrogen-bond donors (Lipinski definition) is 1. The average Bonchev–Trinajstić information content (AvgIpc) is 1.94. The molecule has 0 unspecified atom stereocenters. The van der Waals surface area contributed by atoms with Crippen molar-refractivity contribution in [2.24, 2.45) is 0 Å². The number of nitrogens with zero attached hydrogens (tertiary/aromatic N) is 1. The van der Waals surface area contributed by atoms with Gasteiger partial charge in [-0.05, 0) is 0 Å². The third-order valence-electron chi connectivity index (χ3n) is 1.06. The Hall–Kier alpha value is -1.16. The topological polar surface area (TPSA) is 55.0 Å². The molecule has 10 heavy (non-hydrogen) atoms. The Kier molecular flexibility index (Phi) is 2.17. The van der Waals surface area contributed by atoms with Gasteiger partial charge in [-0.1, -0.05) is 0 Å². The summed E-state index contributed by atoms with van der Waals surface area (Å²) in [5.41, 5.74) is 0.217. The Morgan fingerprint density at radius 2 is 2.60 bits per heavy atom. The molecule has 0 spiro atoms. The van der Waals surface area contributed by atoms with Crippen LogP contribution in [0, 0.1) is 0 Å². The van der Waals surface area contributed by atoms with E-state index in [9.17, 15) is 4.79 Å². The van der Waals surface area contributed by atoms with Crippen molar-refractivity contribution in [2.45, 2.75) is 6.61 Å². The van der Waals surface area contributed by atoms with Gasteiger partial charge in [-0.15, -0.1) is 0 Å². The number of aromatic amines is 1. The molecule has 0 radical (unpaired) electrons. The predicted molar refractivity (Wildman–Crippen MR) is 35.6 cm³/mol. The molecule has 0 aliphatic rings. The Morgan fingerprint density at radius 1 is 1.80 bits per heavy atom. The molecular formula is C6H8N2O2. The lowest BCUT2D eigenvalue weighted by Gasteiger charge is -1.93. The van der Waals surface area contributed by atoms with E-state index in [0.717, 1.165) is 0 Å². The van der Waals surface area contributed by atoms with Crippen LogP contribution in [-0.2, 0) is 11.3 Å². The normalized spacial score (nSPS) is 9.70. The molecule has 0 aromatic carbocycles.